The lowest BCUT2D eigenvalue weighted by Gasteiger charge is -2.20. The molecule has 7 N–H and O–H groups in total. The number of ether oxygens (including phenoxy) is 1. The first-order valence-electron chi connectivity index (χ1n) is 15.3. The number of amides is 1. The summed E-state index contributed by atoms with van der Waals surface area (Å²) in [5, 5.41) is 38.7. The van der Waals surface area contributed by atoms with Crippen LogP contribution in [0.2, 0.25) is 5.02 Å². The first-order chi connectivity index (χ1) is 23.6. The van der Waals surface area contributed by atoms with E-state index in [9.17, 15) is 20.1 Å². The molecule has 15 heteroatoms. The van der Waals surface area contributed by atoms with E-state index >= 15 is 0 Å². The molecule has 0 bridgehead atoms. The number of nitriles is 2. The fourth-order valence-corrected chi connectivity index (χ4v) is 6.69. The number of thioether (sulfide) groups is 1. The van der Waals surface area contributed by atoms with E-state index in [2.05, 4.69) is 27.8 Å². The SMILES string of the molecule is C[C@H](NC(=O)[C@H](CCCCN)NCCOc1ccc(-c2c(C#N)c(N)nc(SCc3csc(-c4ccc(Cl)cc4)n3)c2C#N)cc1)C(=O)O. The number of aromatic nitrogens is 2. The van der Waals surface area contributed by atoms with Crippen molar-refractivity contribution in [3.63, 3.8) is 0 Å². The summed E-state index contributed by atoms with van der Waals surface area (Å²) >= 11 is 8.83. The van der Waals surface area contributed by atoms with Crippen LogP contribution in [0.25, 0.3) is 21.7 Å². The molecule has 49 heavy (non-hydrogen) atoms. The van der Waals surface area contributed by atoms with Crippen LogP contribution in [0, 0.1) is 22.7 Å². The number of nitrogens with one attached hydrogen (secondary N) is 2. The van der Waals surface area contributed by atoms with Gasteiger partial charge in [-0.05, 0) is 56.1 Å². The van der Waals surface area contributed by atoms with Crippen LogP contribution in [0.1, 0.15) is 43.0 Å². The number of nitrogen functional groups attached to an aromatic ring is 1. The monoisotopic (exact) mass is 718 g/mol. The fraction of sp³-hybridized carbons (Fsp3) is 0.294. The number of unbranched alkanes of at least 4 members (excludes halogenated alkanes) is 1. The van der Waals surface area contributed by atoms with E-state index in [4.69, 9.17) is 37.9 Å². The second-order valence-electron chi connectivity index (χ2n) is 10.8. The molecule has 2 aromatic heterocycles. The Kier molecular flexibility index (Phi) is 13.8. The van der Waals surface area contributed by atoms with Gasteiger partial charge in [-0.3, -0.25) is 9.59 Å². The largest absolute Gasteiger partial charge is 0.492 e. The standard InChI is InChI=1S/C34H35ClN8O4S2/c1-20(34(45)46)41-31(44)28(4-2-3-13-36)40-14-15-47-25-11-7-21(8-12-25)29-26(16-37)30(39)43-33(27(29)17-38)49-19-24-18-48-32(42-24)22-5-9-23(35)10-6-22/h5-12,18,20,28,40H,2-4,13-15,19,36H2,1H3,(H2,39,43)(H,41,44)(H,45,46)/t20-,28-/m0/s1. The minimum Gasteiger partial charge on any atom is -0.492 e. The number of pyridine rings is 1. The maximum absolute atomic E-state index is 12.6. The van der Waals surface area contributed by atoms with Crippen LogP contribution in [-0.2, 0) is 15.3 Å². The van der Waals surface area contributed by atoms with Crippen molar-refractivity contribution in [1.29, 1.82) is 10.5 Å². The van der Waals surface area contributed by atoms with Gasteiger partial charge in [0.25, 0.3) is 0 Å². The average molecular weight is 719 g/mol. The molecule has 0 spiro atoms. The molecular formula is C34H35ClN8O4S2. The highest BCUT2D eigenvalue weighted by Crippen LogP contribution is 2.37. The van der Waals surface area contributed by atoms with Crippen LogP contribution >= 0.6 is 34.7 Å². The number of hydrogen-bond donors (Lipinski definition) is 5. The average Bonchev–Trinajstić information content (AvgIpc) is 3.57. The summed E-state index contributed by atoms with van der Waals surface area (Å²) < 4.78 is 5.87. The number of anilines is 1. The normalized spacial score (nSPS) is 12.0. The quantitative estimate of drug-likeness (QED) is 0.0704. The van der Waals surface area contributed by atoms with E-state index in [-0.39, 0.29) is 23.6 Å². The molecule has 2 aromatic carbocycles. The molecule has 0 aliphatic heterocycles. The summed E-state index contributed by atoms with van der Waals surface area (Å²) in [4.78, 5) is 32.9. The number of halogens is 1. The van der Waals surface area contributed by atoms with Gasteiger partial charge in [0.15, 0.2) is 0 Å². The van der Waals surface area contributed by atoms with Gasteiger partial charge < -0.3 is 31.9 Å². The maximum Gasteiger partial charge on any atom is 0.325 e. The van der Waals surface area contributed by atoms with Crippen molar-refractivity contribution < 1.29 is 19.4 Å². The Balaban J connectivity index is 1.43. The van der Waals surface area contributed by atoms with Crippen LogP contribution in [0.4, 0.5) is 5.82 Å². The maximum atomic E-state index is 12.6. The zero-order chi connectivity index (χ0) is 35.3. The first-order valence-corrected chi connectivity index (χ1v) is 17.6. The van der Waals surface area contributed by atoms with Crippen LogP contribution in [0.15, 0.2) is 58.9 Å². The van der Waals surface area contributed by atoms with E-state index in [1.807, 2.05) is 29.6 Å². The number of nitrogens with two attached hydrogens (primary N) is 2. The van der Waals surface area contributed by atoms with E-state index < -0.39 is 24.0 Å². The summed E-state index contributed by atoms with van der Waals surface area (Å²) in [6.45, 7) is 2.45. The van der Waals surface area contributed by atoms with Gasteiger partial charge in [-0.2, -0.15) is 10.5 Å². The van der Waals surface area contributed by atoms with Crippen LogP contribution < -0.4 is 26.8 Å². The first kappa shape index (κ1) is 37.1. The lowest BCUT2D eigenvalue weighted by atomic mass is 9.97. The number of thiazole rings is 1. The Morgan fingerprint density at radius 1 is 1.06 bits per heavy atom. The molecule has 2 heterocycles. The van der Waals surface area contributed by atoms with E-state index in [1.54, 1.807) is 24.3 Å². The molecule has 2 atom stereocenters. The lowest BCUT2D eigenvalue weighted by molar-refractivity contribution is -0.141. The zero-order valence-electron chi connectivity index (χ0n) is 26.6. The Hall–Kier alpha value is -4.70. The predicted octanol–water partition coefficient (Wildman–Crippen LogP) is 5.20. The van der Waals surface area contributed by atoms with Crippen molar-refractivity contribution in [2.45, 2.75) is 49.0 Å². The lowest BCUT2D eigenvalue weighted by Crippen LogP contribution is -2.50. The van der Waals surface area contributed by atoms with Gasteiger partial charge in [0.2, 0.25) is 5.91 Å². The molecule has 12 nitrogen and oxygen atoms in total. The summed E-state index contributed by atoms with van der Waals surface area (Å²) in [5.74, 6) is -0.530. The number of carboxylic acids is 1. The highest BCUT2D eigenvalue weighted by molar-refractivity contribution is 7.98. The van der Waals surface area contributed by atoms with Crippen molar-refractivity contribution in [3.8, 4) is 39.6 Å². The second kappa shape index (κ2) is 18.2. The second-order valence-corrected chi connectivity index (χ2v) is 13.1. The number of carbonyl (C=O) groups is 2. The van der Waals surface area contributed by atoms with Crippen molar-refractivity contribution in [1.82, 2.24) is 20.6 Å². The van der Waals surface area contributed by atoms with Gasteiger partial charge >= 0.3 is 5.97 Å². The molecule has 0 radical (unpaired) electrons. The molecule has 0 fully saturated rings. The van der Waals surface area contributed by atoms with Crippen LogP contribution in [0.3, 0.4) is 0 Å². The molecular weight excluding hydrogens is 684 g/mol. The molecule has 0 aliphatic carbocycles. The number of rotatable bonds is 17. The number of aliphatic carboxylic acids is 1. The van der Waals surface area contributed by atoms with Gasteiger partial charge in [-0.15, -0.1) is 11.3 Å². The zero-order valence-corrected chi connectivity index (χ0v) is 29.0. The highest BCUT2D eigenvalue weighted by Gasteiger charge is 2.23. The van der Waals surface area contributed by atoms with E-state index in [0.29, 0.717) is 58.6 Å². The molecule has 4 rings (SSSR count). The van der Waals surface area contributed by atoms with Gasteiger partial charge in [0.1, 0.15) is 52.0 Å². The van der Waals surface area contributed by atoms with Crippen LogP contribution in [0.5, 0.6) is 5.75 Å². The third kappa shape index (κ3) is 10.2. The number of carbonyl (C=O) groups excluding carboxylic acids is 1. The summed E-state index contributed by atoms with van der Waals surface area (Å²) in [6.07, 6.45) is 1.94. The molecule has 0 unspecified atom stereocenters. The molecule has 4 aromatic rings. The van der Waals surface area contributed by atoms with Gasteiger partial charge in [0, 0.05) is 33.8 Å². The van der Waals surface area contributed by atoms with E-state index in [0.717, 1.165) is 22.7 Å². The highest BCUT2D eigenvalue weighted by atomic mass is 35.5. The predicted molar refractivity (Wildman–Crippen MR) is 191 cm³/mol. The number of hydrogen-bond acceptors (Lipinski definition) is 12. The van der Waals surface area contributed by atoms with Gasteiger partial charge in [-0.1, -0.05) is 54.0 Å². The summed E-state index contributed by atoms with van der Waals surface area (Å²) in [6, 6.07) is 17.0. The summed E-state index contributed by atoms with van der Waals surface area (Å²) in [7, 11) is 0. The van der Waals surface area contributed by atoms with Crippen molar-refractivity contribution in [3.05, 3.63) is 75.8 Å². The van der Waals surface area contributed by atoms with Crippen LogP contribution in [-0.4, -0.2) is 58.7 Å². The minimum absolute atomic E-state index is 0.0216. The number of carboxylic acid groups (broad SMARTS) is 1. The van der Waals surface area contributed by atoms with Crippen molar-refractivity contribution in [2.24, 2.45) is 5.73 Å². The fourth-order valence-electron chi connectivity index (χ4n) is 4.75. The Bertz CT molecular complexity index is 1840. The molecule has 254 valence electrons. The smallest absolute Gasteiger partial charge is 0.325 e. The van der Waals surface area contributed by atoms with Gasteiger partial charge in [-0.25, -0.2) is 9.97 Å². The Labute approximate surface area is 297 Å². The molecule has 0 aliphatic rings. The molecule has 0 saturated heterocycles. The number of benzene rings is 2. The summed E-state index contributed by atoms with van der Waals surface area (Å²) in [5.41, 5.74) is 14.9. The van der Waals surface area contributed by atoms with E-state index in [1.165, 1.54) is 30.0 Å². The molecule has 0 saturated carbocycles. The topological polar surface area (TPSA) is 213 Å². The number of nitrogens with zero attached hydrogens (tertiary/aromatic N) is 4. The third-order valence-corrected chi connectivity index (χ3v) is 9.51. The molecule has 1 amide bonds. The van der Waals surface area contributed by atoms with Crippen molar-refractivity contribution in [2.75, 3.05) is 25.4 Å². The van der Waals surface area contributed by atoms with Gasteiger partial charge in [0.05, 0.1) is 17.3 Å². The van der Waals surface area contributed by atoms with Crippen molar-refractivity contribution >= 4 is 52.4 Å². The Morgan fingerprint density at radius 2 is 1.76 bits per heavy atom. The third-order valence-electron chi connectivity index (χ3n) is 7.31. The minimum atomic E-state index is -1.12. The Morgan fingerprint density at radius 3 is 2.41 bits per heavy atom.